The zero-order valence-electron chi connectivity index (χ0n) is 19.8. The van der Waals surface area contributed by atoms with E-state index >= 15 is 0 Å². The Morgan fingerprint density at radius 1 is 1.17 bits per heavy atom. The number of thioether (sulfide) groups is 1. The summed E-state index contributed by atoms with van der Waals surface area (Å²) in [4.78, 5) is 34.1. The Morgan fingerprint density at radius 3 is 2.54 bits per heavy atom. The number of hydrogen-bond acceptors (Lipinski definition) is 7. The minimum atomic E-state index is -0.651. The molecule has 9 heteroatoms. The van der Waals surface area contributed by atoms with Gasteiger partial charge < -0.3 is 19.8 Å². The molecule has 3 aromatic rings. The van der Waals surface area contributed by atoms with Gasteiger partial charge in [0.15, 0.2) is 5.16 Å². The van der Waals surface area contributed by atoms with Crippen molar-refractivity contribution >= 4 is 35.1 Å². The van der Waals surface area contributed by atoms with Crippen molar-refractivity contribution in [1.82, 2.24) is 9.97 Å². The van der Waals surface area contributed by atoms with Crippen LogP contribution in [0.4, 0.5) is 5.82 Å². The van der Waals surface area contributed by atoms with Crippen LogP contribution in [0.25, 0.3) is 0 Å². The second-order valence-corrected chi connectivity index (χ2v) is 9.71. The largest absolute Gasteiger partial charge is 0.497 e. The van der Waals surface area contributed by atoms with E-state index < -0.39 is 11.9 Å². The van der Waals surface area contributed by atoms with Crippen LogP contribution in [0.1, 0.15) is 43.4 Å². The van der Waals surface area contributed by atoms with Gasteiger partial charge in [0, 0.05) is 16.5 Å². The Bertz CT molecular complexity index is 1340. The van der Waals surface area contributed by atoms with Gasteiger partial charge in [0.05, 0.1) is 30.3 Å². The maximum atomic E-state index is 13.4. The Hall–Kier alpha value is -3.23. The van der Waals surface area contributed by atoms with Crippen LogP contribution < -0.4 is 15.6 Å². The molecule has 7 nitrogen and oxygen atoms in total. The third-order valence-electron chi connectivity index (χ3n) is 5.55. The van der Waals surface area contributed by atoms with E-state index in [0.717, 1.165) is 11.1 Å². The Labute approximate surface area is 212 Å². The number of aromatic nitrogens is 2. The van der Waals surface area contributed by atoms with Crippen molar-refractivity contribution in [2.45, 2.75) is 43.7 Å². The first-order valence-corrected chi connectivity index (χ1v) is 12.5. The summed E-state index contributed by atoms with van der Waals surface area (Å²) in [6.07, 6.45) is -0.305. The van der Waals surface area contributed by atoms with E-state index in [9.17, 15) is 9.59 Å². The van der Waals surface area contributed by atoms with Crippen LogP contribution in [0.5, 0.6) is 5.75 Å². The molecule has 0 amide bonds. The topological polar surface area (TPSA) is 93.3 Å². The molecule has 0 spiro atoms. The number of benzene rings is 2. The van der Waals surface area contributed by atoms with Gasteiger partial charge in [0.2, 0.25) is 0 Å². The fraction of sp³-hybridized carbons (Fsp3) is 0.269. The van der Waals surface area contributed by atoms with Gasteiger partial charge in [-0.15, -0.1) is 0 Å². The smallest absolute Gasteiger partial charge is 0.337 e. The van der Waals surface area contributed by atoms with Crippen LogP contribution in [0.15, 0.2) is 69.8 Å². The number of methoxy groups -OCH3 is 1. The van der Waals surface area contributed by atoms with Gasteiger partial charge in [-0.2, -0.15) is 0 Å². The predicted octanol–water partition coefficient (Wildman–Crippen LogP) is 5.51. The lowest BCUT2D eigenvalue weighted by atomic mass is 9.82. The van der Waals surface area contributed by atoms with Crippen molar-refractivity contribution in [1.29, 1.82) is 0 Å². The fourth-order valence-electron chi connectivity index (χ4n) is 3.94. The zero-order valence-corrected chi connectivity index (χ0v) is 21.4. The monoisotopic (exact) mass is 511 g/mol. The van der Waals surface area contributed by atoms with E-state index in [2.05, 4.69) is 15.3 Å². The van der Waals surface area contributed by atoms with Crippen LogP contribution in [0.3, 0.4) is 0 Å². The van der Waals surface area contributed by atoms with Crippen LogP contribution in [0.2, 0.25) is 5.02 Å². The summed E-state index contributed by atoms with van der Waals surface area (Å²) in [6, 6.07) is 14.8. The quantitative estimate of drug-likeness (QED) is 0.245. The number of fused-ring (bicyclic) bond motifs is 1. The number of aromatic amines is 1. The molecule has 1 unspecified atom stereocenters. The molecule has 4 rings (SSSR count). The van der Waals surface area contributed by atoms with Crippen LogP contribution in [0, 0.1) is 0 Å². The number of nitrogens with one attached hydrogen (secondary N) is 2. The minimum absolute atomic E-state index is 0.305. The number of carbonyl (C=O) groups excluding carboxylic acids is 1. The molecule has 1 aliphatic rings. The molecular weight excluding hydrogens is 486 g/mol. The minimum Gasteiger partial charge on any atom is -0.497 e. The van der Waals surface area contributed by atoms with Crippen molar-refractivity contribution in [3.63, 3.8) is 0 Å². The van der Waals surface area contributed by atoms with E-state index in [-0.39, 0.29) is 11.7 Å². The summed E-state index contributed by atoms with van der Waals surface area (Å²) in [7, 11) is 1.58. The maximum absolute atomic E-state index is 13.4. The molecule has 0 fully saturated rings. The van der Waals surface area contributed by atoms with E-state index in [0.29, 0.717) is 44.3 Å². The summed E-state index contributed by atoms with van der Waals surface area (Å²) in [5.41, 5.74) is 2.70. The number of halogens is 1. The number of allylic oxidation sites excluding steroid dienone is 1. The second-order valence-electron chi connectivity index (χ2n) is 8.34. The van der Waals surface area contributed by atoms with Crippen molar-refractivity contribution < 1.29 is 14.3 Å². The molecule has 2 heterocycles. The molecule has 182 valence electrons. The summed E-state index contributed by atoms with van der Waals surface area (Å²) >= 11 is 7.65. The van der Waals surface area contributed by atoms with Crippen molar-refractivity contribution in [2.75, 3.05) is 12.4 Å². The normalized spacial score (nSPS) is 15.0. The van der Waals surface area contributed by atoms with E-state index in [4.69, 9.17) is 21.1 Å². The van der Waals surface area contributed by atoms with E-state index in [1.165, 1.54) is 11.8 Å². The first kappa shape index (κ1) is 24.9. The molecule has 0 bridgehead atoms. The zero-order chi connectivity index (χ0) is 25.1. The number of carbonyl (C=O) groups is 1. The first-order valence-electron chi connectivity index (χ1n) is 11.1. The van der Waals surface area contributed by atoms with Gasteiger partial charge in [0.25, 0.3) is 5.56 Å². The van der Waals surface area contributed by atoms with Gasteiger partial charge in [-0.3, -0.25) is 4.79 Å². The van der Waals surface area contributed by atoms with Gasteiger partial charge in [-0.25, -0.2) is 9.78 Å². The molecule has 1 aliphatic heterocycles. The van der Waals surface area contributed by atoms with E-state index in [1.807, 2.05) is 36.4 Å². The Balaban J connectivity index is 1.76. The third kappa shape index (κ3) is 5.39. The van der Waals surface area contributed by atoms with E-state index in [1.54, 1.807) is 40.0 Å². The second kappa shape index (κ2) is 10.6. The molecule has 0 aliphatic carbocycles. The molecule has 2 aromatic carbocycles. The molecule has 2 N–H and O–H groups in total. The number of hydrogen-bond donors (Lipinski definition) is 2. The van der Waals surface area contributed by atoms with Crippen LogP contribution in [-0.2, 0) is 15.3 Å². The summed E-state index contributed by atoms with van der Waals surface area (Å²) in [5.74, 6) is 0.503. The number of nitrogens with zero attached hydrogens (tertiary/aromatic N) is 1. The highest BCUT2D eigenvalue weighted by Gasteiger charge is 2.36. The van der Waals surface area contributed by atoms with Crippen molar-refractivity contribution in [2.24, 2.45) is 0 Å². The molecule has 35 heavy (non-hydrogen) atoms. The summed E-state index contributed by atoms with van der Waals surface area (Å²) in [6.45, 7) is 5.37. The standard InChI is InChI=1S/C26H26ClN3O4S/c1-14(2)34-25(32)20-15(3)28-23-22(21(20)16-9-11-18(33-4)12-10-16)24(31)30-26(29-23)35-13-17-7-5-6-8-19(17)27/h5-12,14,21H,13H2,1-4H3,(H2,28,29,30,31). The number of rotatable bonds is 7. The summed E-state index contributed by atoms with van der Waals surface area (Å²) in [5, 5.41) is 4.27. The molecular formula is C26H26ClN3O4S. The lowest BCUT2D eigenvalue weighted by Crippen LogP contribution is -2.31. The highest BCUT2D eigenvalue weighted by molar-refractivity contribution is 7.98. The molecule has 1 aromatic heterocycles. The molecule has 0 saturated heterocycles. The predicted molar refractivity (Wildman–Crippen MR) is 138 cm³/mol. The van der Waals surface area contributed by atoms with Crippen LogP contribution in [-0.4, -0.2) is 29.2 Å². The molecule has 1 atom stereocenters. The summed E-state index contributed by atoms with van der Waals surface area (Å²) < 4.78 is 10.8. The van der Waals surface area contributed by atoms with Crippen LogP contribution >= 0.6 is 23.4 Å². The molecule has 0 radical (unpaired) electrons. The Kier molecular flexibility index (Phi) is 7.52. The number of ether oxygens (including phenoxy) is 2. The Morgan fingerprint density at radius 2 is 1.89 bits per heavy atom. The molecule has 0 saturated carbocycles. The van der Waals surface area contributed by atoms with Crippen molar-refractivity contribution in [3.8, 4) is 5.75 Å². The average molecular weight is 512 g/mol. The fourth-order valence-corrected chi connectivity index (χ4v) is 5.09. The van der Waals surface area contributed by atoms with Gasteiger partial charge in [0.1, 0.15) is 11.6 Å². The highest BCUT2D eigenvalue weighted by atomic mass is 35.5. The maximum Gasteiger partial charge on any atom is 0.337 e. The number of H-pyrrole nitrogens is 1. The number of anilines is 1. The third-order valence-corrected chi connectivity index (χ3v) is 6.85. The highest BCUT2D eigenvalue weighted by Crippen LogP contribution is 2.40. The van der Waals surface area contributed by atoms with Crippen molar-refractivity contribution in [3.05, 3.63) is 91.9 Å². The average Bonchev–Trinajstić information content (AvgIpc) is 2.82. The number of esters is 1. The van der Waals surface area contributed by atoms with Gasteiger partial charge in [-0.1, -0.05) is 53.7 Å². The lowest BCUT2D eigenvalue weighted by Gasteiger charge is -2.29. The lowest BCUT2D eigenvalue weighted by molar-refractivity contribution is -0.143. The SMILES string of the molecule is COc1ccc(C2C(C(=O)OC(C)C)=C(C)Nc3nc(SCc4ccccc4Cl)[nH]c(=O)c32)cc1. The van der Waals surface area contributed by atoms with Gasteiger partial charge in [-0.05, 0) is 50.1 Å². The van der Waals surface area contributed by atoms with Gasteiger partial charge >= 0.3 is 5.97 Å². The first-order chi connectivity index (χ1) is 16.8.